The van der Waals surface area contributed by atoms with Crippen molar-refractivity contribution in [2.24, 2.45) is 5.73 Å². The molecule has 0 saturated carbocycles. The van der Waals surface area contributed by atoms with Crippen LogP contribution in [0.15, 0.2) is 17.5 Å². The quantitative estimate of drug-likeness (QED) is 0.796. The van der Waals surface area contributed by atoms with E-state index < -0.39 is 0 Å². The highest BCUT2D eigenvalue weighted by Gasteiger charge is 2.14. The van der Waals surface area contributed by atoms with E-state index in [-0.39, 0.29) is 5.91 Å². The molecule has 23 heavy (non-hydrogen) atoms. The van der Waals surface area contributed by atoms with Gasteiger partial charge < -0.3 is 25.3 Å². The molecule has 0 bridgehead atoms. The van der Waals surface area contributed by atoms with Crippen LogP contribution < -0.4 is 25.3 Å². The van der Waals surface area contributed by atoms with Crippen LogP contribution >= 0.6 is 11.3 Å². The molecule has 8 heteroatoms. The monoisotopic (exact) mass is 337 g/mol. The van der Waals surface area contributed by atoms with Gasteiger partial charge in [-0.2, -0.15) is 0 Å². The Morgan fingerprint density at radius 1 is 1.22 bits per heavy atom. The van der Waals surface area contributed by atoms with Gasteiger partial charge in [0.05, 0.1) is 21.3 Å². The van der Waals surface area contributed by atoms with Gasteiger partial charge in [0.15, 0.2) is 11.5 Å². The number of aromatic nitrogens is 1. The molecule has 0 aliphatic carbocycles. The molecule has 124 valence electrons. The second-order valence-electron chi connectivity index (χ2n) is 4.55. The Morgan fingerprint density at radius 2 is 1.87 bits per heavy atom. The van der Waals surface area contributed by atoms with E-state index in [2.05, 4.69) is 10.3 Å². The molecule has 2 rings (SSSR count). The van der Waals surface area contributed by atoms with Crippen molar-refractivity contribution in [1.82, 2.24) is 10.3 Å². The van der Waals surface area contributed by atoms with Crippen molar-refractivity contribution < 1.29 is 19.0 Å². The van der Waals surface area contributed by atoms with Crippen molar-refractivity contribution in [1.29, 1.82) is 0 Å². The predicted molar refractivity (Wildman–Crippen MR) is 87.3 cm³/mol. The smallest absolute Gasteiger partial charge is 0.271 e. The summed E-state index contributed by atoms with van der Waals surface area (Å²) in [6.07, 6.45) is 0. The molecule has 0 fully saturated rings. The zero-order valence-electron chi connectivity index (χ0n) is 13.2. The third-order valence-electron chi connectivity index (χ3n) is 3.14. The van der Waals surface area contributed by atoms with Crippen LogP contribution in [0.5, 0.6) is 17.2 Å². The summed E-state index contributed by atoms with van der Waals surface area (Å²) in [7, 11) is 4.63. The highest BCUT2D eigenvalue weighted by atomic mass is 32.1. The minimum Gasteiger partial charge on any atom is -0.493 e. The molecule has 0 aliphatic heterocycles. The van der Waals surface area contributed by atoms with Crippen molar-refractivity contribution in [2.75, 3.05) is 21.3 Å². The largest absolute Gasteiger partial charge is 0.493 e. The fourth-order valence-electron chi connectivity index (χ4n) is 2.02. The first-order chi connectivity index (χ1) is 11.1. The molecule has 0 spiro atoms. The summed E-state index contributed by atoms with van der Waals surface area (Å²) in [6, 6.07) is 3.57. The van der Waals surface area contributed by atoms with E-state index in [9.17, 15) is 4.79 Å². The molecule has 3 N–H and O–H groups in total. The number of rotatable bonds is 7. The van der Waals surface area contributed by atoms with E-state index in [0.717, 1.165) is 10.6 Å². The van der Waals surface area contributed by atoms with Crippen molar-refractivity contribution in [2.45, 2.75) is 13.1 Å². The molecular weight excluding hydrogens is 318 g/mol. The van der Waals surface area contributed by atoms with E-state index in [1.54, 1.807) is 38.8 Å². The molecule has 0 saturated heterocycles. The van der Waals surface area contributed by atoms with Crippen LogP contribution in [0.4, 0.5) is 0 Å². The van der Waals surface area contributed by atoms with Gasteiger partial charge in [0.1, 0.15) is 10.7 Å². The fourth-order valence-corrected chi connectivity index (χ4v) is 2.67. The van der Waals surface area contributed by atoms with Gasteiger partial charge in [-0.05, 0) is 17.7 Å². The Morgan fingerprint density at radius 3 is 2.35 bits per heavy atom. The topological polar surface area (TPSA) is 95.7 Å². The Bertz CT molecular complexity index is 662. The molecule has 0 atom stereocenters. The van der Waals surface area contributed by atoms with Gasteiger partial charge in [-0.15, -0.1) is 11.3 Å². The number of carbonyl (C=O) groups excluding carboxylic acids is 1. The lowest BCUT2D eigenvalue weighted by atomic mass is 10.1. The third-order valence-corrected chi connectivity index (χ3v) is 4.01. The summed E-state index contributed by atoms with van der Waals surface area (Å²) < 4.78 is 15.8. The number of nitrogens with two attached hydrogens (primary N) is 1. The fraction of sp³-hybridized carbons (Fsp3) is 0.333. The Hall–Kier alpha value is -2.32. The van der Waals surface area contributed by atoms with Gasteiger partial charge in [-0.3, -0.25) is 4.79 Å². The summed E-state index contributed by atoms with van der Waals surface area (Å²) in [4.78, 5) is 16.2. The van der Waals surface area contributed by atoms with Crippen molar-refractivity contribution in [3.05, 3.63) is 33.8 Å². The summed E-state index contributed by atoms with van der Waals surface area (Å²) >= 11 is 1.36. The van der Waals surface area contributed by atoms with E-state index in [4.69, 9.17) is 19.9 Å². The first-order valence-corrected chi connectivity index (χ1v) is 7.72. The number of benzene rings is 1. The van der Waals surface area contributed by atoms with Gasteiger partial charge in [-0.1, -0.05) is 0 Å². The van der Waals surface area contributed by atoms with Crippen LogP contribution in [0.2, 0.25) is 0 Å². The molecule has 0 unspecified atom stereocenters. The molecule has 1 amide bonds. The lowest BCUT2D eigenvalue weighted by molar-refractivity contribution is 0.0946. The summed E-state index contributed by atoms with van der Waals surface area (Å²) in [5, 5.41) is 5.22. The minimum atomic E-state index is -0.255. The third kappa shape index (κ3) is 3.91. The number of ether oxygens (including phenoxy) is 3. The van der Waals surface area contributed by atoms with Crippen LogP contribution in [-0.2, 0) is 13.1 Å². The molecule has 2 aromatic rings. The summed E-state index contributed by atoms with van der Waals surface area (Å²) in [5.74, 6) is 1.33. The van der Waals surface area contributed by atoms with E-state index in [1.165, 1.54) is 11.3 Å². The van der Waals surface area contributed by atoms with Gasteiger partial charge in [0, 0.05) is 18.5 Å². The highest BCUT2D eigenvalue weighted by molar-refractivity contribution is 7.09. The average Bonchev–Trinajstić information content (AvgIpc) is 3.07. The number of hydrogen-bond acceptors (Lipinski definition) is 7. The first kappa shape index (κ1) is 17.0. The average molecular weight is 337 g/mol. The maximum Gasteiger partial charge on any atom is 0.271 e. The number of thiazole rings is 1. The number of methoxy groups -OCH3 is 3. The second-order valence-corrected chi connectivity index (χ2v) is 5.49. The SMILES string of the molecule is COc1cc(CNC(=O)c2csc(CN)n2)cc(OC)c1OC. The lowest BCUT2D eigenvalue weighted by Gasteiger charge is -2.14. The number of amides is 1. The zero-order chi connectivity index (χ0) is 16.8. The Kier molecular flexibility index (Phi) is 5.78. The number of nitrogens with zero attached hydrogens (tertiary/aromatic N) is 1. The van der Waals surface area contributed by atoms with Crippen LogP contribution in [-0.4, -0.2) is 32.2 Å². The maximum atomic E-state index is 12.1. The van der Waals surface area contributed by atoms with Crippen molar-refractivity contribution in [3.8, 4) is 17.2 Å². The van der Waals surface area contributed by atoms with Crippen molar-refractivity contribution in [3.63, 3.8) is 0 Å². The summed E-state index contributed by atoms with van der Waals surface area (Å²) in [5.41, 5.74) is 6.68. The number of nitrogens with one attached hydrogen (secondary N) is 1. The second kappa shape index (κ2) is 7.80. The molecule has 1 heterocycles. The molecule has 1 aromatic carbocycles. The standard InChI is InChI=1S/C15H19N3O4S/c1-20-11-4-9(5-12(21-2)14(11)22-3)7-17-15(19)10-8-23-13(6-16)18-10/h4-5,8H,6-7,16H2,1-3H3,(H,17,19). The minimum absolute atomic E-state index is 0.255. The molecule has 0 aliphatic rings. The van der Waals surface area contributed by atoms with Crippen LogP contribution in [0.3, 0.4) is 0 Å². The van der Waals surface area contributed by atoms with E-state index in [0.29, 0.717) is 36.0 Å². The van der Waals surface area contributed by atoms with E-state index >= 15 is 0 Å². The zero-order valence-corrected chi connectivity index (χ0v) is 14.0. The first-order valence-electron chi connectivity index (χ1n) is 6.84. The van der Waals surface area contributed by atoms with Gasteiger partial charge in [-0.25, -0.2) is 4.98 Å². The number of hydrogen-bond donors (Lipinski definition) is 2. The van der Waals surface area contributed by atoms with Crippen molar-refractivity contribution >= 4 is 17.2 Å². The molecule has 0 radical (unpaired) electrons. The summed E-state index contributed by atoms with van der Waals surface area (Å²) in [6.45, 7) is 0.635. The van der Waals surface area contributed by atoms with Crippen LogP contribution in [0, 0.1) is 0 Å². The highest BCUT2D eigenvalue weighted by Crippen LogP contribution is 2.38. The molecule has 7 nitrogen and oxygen atoms in total. The van der Waals surface area contributed by atoms with Gasteiger partial charge >= 0.3 is 0 Å². The van der Waals surface area contributed by atoms with Crippen LogP contribution in [0.1, 0.15) is 21.1 Å². The molecular formula is C15H19N3O4S. The van der Waals surface area contributed by atoms with Gasteiger partial charge in [0.25, 0.3) is 5.91 Å². The molecule has 1 aromatic heterocycles. The van der Waals surface area contributed by atoms with Crippen LogP contribution in [0.25, 0.3) is 0 Å². The lowest BCUT2D eigenvalue weighted by Crippen LogP contribution is -2.23. The Labute approximate surface area is 138 Å². The predicted octanol–water partition coefficient (Wildman–Crippen LogP) is 1.56. The van der Waals surface area contributed by atoms with E-state index in [1.807, 2.05) is 0 Å². The van der Waals surface area contributed by atoms with Gasteiger partial charge in [0.2, 0.25) is 5.75 Å². The Balaban J connectivity index is 2.12. The number of carbonyl (C=O) groups is 1. The maximum absolute atomic E-state index is 12.1. The normalized spacial score (nSPS) is 10.3.